The van der Waals surface area contributed by atoms with Crippen LogP contribution in [0.5, 0.6) is 0 Å². The zero-order valence-corrected chi connectivity index (χ0v) is 11.9. The number of aliphatic hydroxyl groups excluding tert-OH is 2. The predicted octanol–water partition coefficient (Wildman–Crippen LogP) is 2.19. The summed E-state index contributed by atoms with van der Waals surface area (Å²) in [6, 6.07) is 0. The number of esters is 1. The molecule has 0 amide bonds. The second-order valence-corrected chi connectivity index (χ2v) is 5.59. The molecular formula is C15H26O4. The Bertz CT molecular complexity index is 299. The third kappa shape index (κ3) is 6.73. The van der Waals surface area contributed by atoms with E-state index in [0.717, 1.165) is 19.3 Å². The van der Waals surface area contributed by atoms with Crippen LogP contribution in [0.1, 0.15) is 52.4 Å². The summed E-state index contributed by atoms with van der Waals surface area (Å²) >= 11 is 0. The van der Waals surface area contributed by atoms with Crippen molar-refractivity contribution in [3.63, 3.8) is 0 Å². The van der Waals surface area contributed by atoms with Gasteiger partial charge in [0.05, 0.1) is 18.3 Å². The number of allylic oxidation sites excluding steroid dienone is 2. The van der Waals surface area contributed by atoms with E-state index in [0.29, 0.717) is 19.3 Å². The maximum atomic E-state index is 11.3. The van der Waals surface area contributed by atoms with Gasteiger partial charge in [-0.25, -0.2) is 0 Å². The molecule has 0 radical (unpaired) electrons. The molecule has 0 aromatic heterocycles. The zero-order valence-electron chi connectivity index (χ0n) is 11.9. The molecule has 0 heterocycles. The Morgan fingerprint density at radius 2 is 2.05 bits per heavy atom. The van der Waals surface area contributed by atoms with Crippen molar-refractivity contribution in [3.05, 3.63) is 12.2 Å². The molecule has 3 atom stereocenters. The predicted molar refractivity (Wildman–Crippen MR) is 73.6 cm³/mol. The fourth-order valence-corrected chi connectivity index (χ4v) is 2.40. The van der Waals surface area contributed by atoms with Crippen LogP contribution >= 0.6 is 0 Å². The lowest BCUT2D eigenvalue weighted by atomic mass is 10.0. The average Bonchev–Trinajstić information content (AvgIpc) is 2.61. The lowest BCUT2D eigenvalue weighted by Gasteiger charge is -2.10. The molecule has 0 bridgehead atoms. The second kappa shape index (κ2) is 8.33. The van der Waals surface area contributed by atoms with E-state index in [-0.39, 0.29) is 30.2 Å². The largest absolute Gasteiger partial charge is 0.463 e. The van der Waals surface area contributed by atoms with Gasteiger partial charge < -0.3 is 14.9 Å². The number of rotatable bonds is 7. The van der Waals surface area contributed by atoms with Gasteiger partial charge in [-0.2, -0.15) is 0 Å². The van der Waals surface area contributed by atoms with Crippen LogP contribution in [0.4, 0.5) is 0 Å². The summed E-state index contributed by atoms with van der Waals surface area (Å²) in [5, 5.41) is 19.1. The van der Waals surface area contributed by atoms with Crippen molar-refractivity contribution in [2.24, 2.45) is 5.92 Å². The molecule has 2 N–H and O–H groups in total. The molecule has 0 saturated heterocycles. The fraction of sp³-hybridized carbons (Fsp3) is 0.800. The number of hydrogen-bond donors (Lipinski definition) is 2. The summed E-state index contributed by atoms with van der Waals surface area (Å²) in [7, 11) is 0. The Morgan fingerprint density at radius 3 is 2.63 bits per heavy atom. The molecular weight excluding hydrogens is 244 g/mol. The monoisotopic (exact) mass is 270 g/mol. The Balaban J connectivity index is 2.06. The smallest absolute Gasteiger partial charge is 0.306 e. The third-order valence-corrected chi connectivity index (χ3v) is 3.36. The van der Waals surface area contributed by atoms with Crippen LogP contribution in [-0.2, 0) is 9.53 Å². The van der Waals surface area contributed by atoms with E-state index in [4.69, 9.17) is 4.74 Å². The second-order valence-electron chi connectivity index (χ2n) is 5.59. The summed E-state index contributed by atoms with van der Waals surface area (Å²) < 4.78 is 5.04. The van der Waals surface area contributed by atoms with Gasteiger partial charge in [0.25, 0.3) is 0 Å². The minimum Gasteiger partial charge on any atom is -0.463 e. The lowest BCUT2D eigenvalue weighted by Crippen LogP contribution is -2.11. The molecule has 0 spiro atoms. The summed E-state index contributed by atoms with van der Waals surface area (Å²) in [5.74, 6) is 0.0369. The molecule has 4 nitrogen and oxygen atoms in total. The SMILES string of the molecule is CC(C)OC(=O)CCC/C=C\C[C@@H]1C[C@H](O)C[C@@H]1O. The summed E-state index contributed by atoms with van der Waals surface area (Å²) in [6.45, 7) is 3.69. The highest BCUT2D eigenvalue weighted by molar-refractivity contribution is 5.69. The van der Waals surface area contributed by atoms with Gasteiger partial charge in [0.2, 0.25) is 0 Å². The van der Waals surface area contributed by atoms with E-state index < -0.39 is 0 Å². The average molecular weight is 270 g/mol. The van der Waals surface area contributed by atoms with Crippen LogP contribution in [0, 0.1) is 5.92 Å². The minimum atomic E-state index is -0.374. The number of unbranched alkanes of at least 4 members (excludes halogenated alkanes) is 1. The van der Waals surface area contributed by atoms with Gasteiger partial charge in [0, 0.05) is 6.42 Å². The molecule has 1 saturated carbocycles. The van der Waals surface area contributed by atoms with Crippen molar-refractivity contribution in [1.82, 2.24) is 0 Å². The van der Waals surface area contributed by atoms with Gasteiger partial charge in [0.1, 0.15) is 0 Å². The summed E-state index contributed by atoms with van der Waals surface area (Å²) in [4.78, 5) is 11.3. The number of carbonyl (C=O) groups excluding carboxylic acids is 1. The van der Waals surface area contributed by atoms with Crippen LogP contribution in [0.3, 0.4) is 0 Å². The van der Waals surface area contributed by atoms with Crippen LogP contribution < -0.4 is 0 Å². The molecule has 1 fully saturated rings. The van der Waals surface area contributed by atoms with Crippen LogP contribution in [0.25, 0.3) is 0 Å². The molecule has 110 valence electrons. The van der Waals surface area contributed by atoms with Gasteiger partial charge in [0.15, 0.2) is 0 Å². The number of ether oxygens (including phenoxy) is 1. The fourth-order valence-electron chi connectivity index (χ4n) is 2.40. The Labute approximate surface area is 115 Å². The van der Waals surface area contributed by atoms with Crippen LogP contribution in [0.2, 0.25) is 0 Å². The highest BCUT2D eigenvalue weighted by atomic mass is 16.5. The number of aliphatic hydroxyl groups is 2. The minimum absolute atomic E-state index is 0.0432. The highest BCUT2D eigenvalue weighted by Gasteiger charge is 2.30. The summed E-state index contributed by atoms with van der Waals surface area (Å²) in [6.07, 6.45) is 7.39. The Hall–Kier alpha value is -0.870. The van der Waals surface area contributed by atoms with Crippen molar-refractivity contribution >= 4 is 5.97 Å². The van der Waals surface area contributed by atoms with Crippen molar-refractivity contribution in [1.29, 1.82) is 0 Å². The van der Waals surface area contributed by atoms with Crippen molar-refractivity contribution < 1.29 is 19.7 Å². The van der Waals surface area contributed by atoms with Gasteiger partial charge in [-0.1, -0.05) is 12.2 Å². The van der Waals surface area contributed by atoms with E-state index in [2.05, 4.69) is 0 Å². The molecule has 0 aliphatic heterocycles. The van der Waals surface area contributed by atoms with Gasteiger partial charge in [-0.15, -0.1) is 0 Å². The standard InChI is InChI=1S/C15H26O4/c1-11(2)19-15(18)8-6-4-3-5-7-12-9-13(16)10-14(12)17/h3,5,11-14,16-17H,4,6-10H2,1-2H3/b5-3-/t12-,13+,14+/m1/s1. The molecule has 1 aliphatic rings. The van der Waals surface area contributed by atoms with Crippen LogP contribution in [-0.4, -0.2) is 34.5 Å². The third-order valence-electron chi connectivity index (χ3n) is 3.36. The molecule has 0 aromatic carbocycles. The van der Waals surface area contributed by atoms with E-state index in [1.54, 1.807) is 0 Å². The van der Waals surface area contributed by atoms with E-state index >= 15 is 0 Å². The van der Waals surface area contributed by atoms with Crippen LogP contribution in [0.15, 0.2) is 12.2 Å². The summed E-state index contributed by atoms with van der Waals surface area (Å²) in [5.41, 5.74) is 0. The quantitative estimate of drug-likeness (QED) is 0.423. The van der Waals surface area contributed by atoms with E-state index in [1.165, 1.54) is 0 Å². The maximum Gasteiger partial charge on any atom is 0.306 e. The van der Waals surface area contributed by atoms with Crippen molar-refractivity contribution in [3.8, 4) is 0 Å². The zero-order chi connectivity index (χ0) is 14.3. The number of hydrogen-bond acceptors (Lipinski definition) is 4. The molecule has 0 aromatic rings. The molecule has 1 aliphatic carbocycles. The first kappa shape index (κ1) is 16.2. The maximum absolute atomic E-state index is 11.3. The Morgan fingerprint density at radius 1 is 1.32 bits per heavy atom. The first-order valence-corrected chi connectivity index (χ1v) is 7.19. The molecule has 1 rings (SSSR count). The Kier molecular flexibility index (Phi) is 7.10. The van der Waals surface area contributed by atoms with Gasteiger partial charge in [-0.05, 0) is 51.9 Å². The normalized spacial score (nSPS) is 27.3. The van der Waals surface area contributed by atoms with E-state index in [9.17, 15) is 15.0 Å². The molecule has 4 heteroatoms. The topological polar surface area (TPSA) is 66.8 Å². The van der Waals surface area contributed by atoms with E-state index in [1.807, 2.05) is 26.0 Å². The first-order chi connectivity index (χ1) is 8.99. The number of carbonyl (C=O) groups is 1. The molecule has 0 unspecified atom stereocenters. The first-order valence-electron chi connectivity index (χ1n) is 7.19. The van der Waals surface area contributed by atoms with Gasteiger partial charge in [-0.3, -0.25) is 4.79 Å². The van der Waals surface area contributed by atoms with Crippen molar-refractivity contribution in [2.75, 3.05) is 0 Å². The van der Waals surface area contributed by atoms with Crippen molar-refractivity contribution in [2.45, 2.75) is 70.7 Å². The lowest BCUT2D eigenvalue weighted by molar-refractivity contribution is -0.147. The molecule has 19 heavy (non-hydrogen) atoms. The highest BCUT2D eigenvalue weighted by Crippen LogP contribution is 2.29. The van der Waals surface area contributed by atoms with Gasteiger partial charge >= 0.3 is 5.97 Å².